The monoisotopic (exact) mass is 339 g/mol. The lowest BCUT2D eigenvalue weighted by atomic mass is 10.0. The summed E-state index contributed by atoms with van der Waals surface area (Å²) >= 11 is 0. The molecule has 2 aromatic rings. The zero-order chi connectivity index (χ0) is 17.9. The van der Waals surface area contributed by atoms with Crippen molar-refractivity contribution in [3.05, 3.63) is 73.3 Å². The van der Waals surface area contributed by atoms with Crippen LogP contribution in [0.15, 0.2) is 73.3 Å². The van der Waals surface area contributed by atoms with Crippen molar-refractivity contribution in [2.75, 3.05) is 11.5 Å². The fourth-order valence-electron chi connectivity index (χ4n) is 3.17. The van der Waals surface area contributed by atoms with Crippen LogP contribution in [0.1, 0.15) is 13.8 Å². The predicted octanol–water partition coefficient (Wildman–Crippen LogP) is 3.89. The quantitative estimate of drug-likeness (QED) is 0.811. The lowest BCUT2D eigenvalue weighted by Gasteiger charge is -2.36. The Morgan fingerprint density at radius 3 is 2.00 bits per heavy atom. The van der Waals surface area contributed by atoms with Crippen molar-refractivity contribution in [3.63, 3.8) is 0 Å². The van der Waals surface area contributed by atoms with Gasteiger partial charge in [-0.15, -0.1) is 6.58 Å². The van der Waals surface area contributed by atoms with E-state index in [9.17, 15) is 5.11 Å². The highest BCUT2D eigenvalue weighted by atomic mass is 16.7. The molecule has 132 valence electrons. The highest BCUT2D eigenvalue weighted by Gasteiger charge is 2.41. The Kier molecular flexibility index (Phi) is 5.23. The summed E-state index contributed by atoms with van der Waals surface area (Å²) in [5.74, 6) is -0.679. The summed E-state index contributed by atoms with van der Waals surface area (Å²) in [6, 6.07) is 19.6. The molecule has 1 aliphatic heterocycles. The molecule has 0 aliphatic carbocycles. The average Bonchev–Trinajstić information content (AvgIpc) is 3.00. The van der Waals surface area contributed by atoms with Crippen LogP contribution in [0.4, 0.5) is 11.4 Å². The van der Waals surface area contributed by atoms with Crippen molar-refractivity contribution < 1.29 is 14.6 Å². The molecule has 3 atom stereocenters. The second kappa shape index (κ2) is 7.40. The minimum absolute atomic E-state index is 0.354. The normalized spacial score (nSPS) is 21.5. The summed E-state index contributed by atoms with van der Waals surface area (Å²) in [4.78, 5) is 2.08. The molecule has 3 rings (SSSR count). The van der Waals surface area contributed by atoms with Crippen LogP contribution in [0.25, 0.3) is 0 Å². The number of hydrogen-bond donors (Lipinski definition) is 1. The molecule has 0 saturated carbocycles. The first kappa shape index (κ1) is 17.7. The standard InChI is InChI=1S/C21H25NO3/c1-4-18(20(23)19-15-24-21(2,3)25-19)22(16-11-7-5-8-12-16)17-13-9-6-10-14-17/h4-14,18-20,23H,1,15H2,2-3H3/t18-,19+,20-/m1/s1. The van der Waals surface area contributed by atoms with Gasteiger partial charge in [-0.05, 0) is 38.1 Å². The first-order chi connectivity index (χ1) is 12.0. The molecule has 1 aliphatic rings. The van der Waals surface area contributed by atoms with Crippen molar-refractivity contribution in [2.24, 2.45) is 0 Å². The first-order valence-electron chi connectivity index (χ1n) is 8.53. The van der Waals surface area contributed by atoms with Crippen LogP contribution in [-0.4, -0.2) is 35.8 Å². The van der Waals surface area contributed by atoms with Crippen molar-refractivity contribution in [1.29, 1.82) is 0 Å². The van der Waals surface area contributed by atoms with Crippen LogP contribution < -0.4 is 4.90 Å². The van der Waals surface area contributed by atoms with E-state index >= 15 is 0 Å². The van der Waals surface area contributed by atoms with Gasteiger partial charge in [0, 0.05) is 11.4 Å². The zero-order valence-corrected chi connectivity index (χ0v) is 14.7. The zero-order valence-electron chi connectivity index (χ0n) is 14.7. The van der Waals surface area contributed by atoms with Crippen LogP contribution in [0.5, 0.6) is 0 Å². The van der Waals surface area contributed by atoms with Gasteiger partial charge < -0.3 is 19.5 Å². The smallest absolute Gasteiger partial charge is 0.163 e. The largest absolute Gasteiger partial charge is 0.388 e. The van der Waals surface area contributed by atoms with Crippen LogP contribution in [0.2, 0.25) is 0 Å². The van der Waals surface area contributed by atoms with Gasteiger partial charge in [0.25, 0.3) is 0 Å². The molecule has 1 saturated heterocycles. The van der Waals surface area contributed by atoms with E-state index in [2.05, 4.69) is 11.5 Å². The Labute approximate surface area is 149 Å². The van der Waals surface area contributed by atoms with Gasteiger partial charge in [-0.2, -0.15) is 0 Å². The molecule has 0 amide bonds. The lowest BCUT2D eigenvalue weighted by molar-refractivity contribution is -0.151. The average molecular weight is 339 g/mol. The topological polar surface area (TPSA) is 41.9 Å². The van der Waals surface area contributed by atoms with Crippen molar-refractivity contribution in [1.82, 2.24) is 0 Å². The van der Waals surface area contributed by atoms with Gasteiger partial charge >= 0.3 is 0 Å². The first-order valence-corrected chi connectivity index (χ1v) is 8.53. The van der Waals surface area contributed by atoms with Crippen LogP contribution in [0.3, 0.4) is 0 Å². The lowest BCUT2D eigenvalue weighted by Crippen LogP contribution is -2.47. The summed E-state index contributed by atoms with van der Waals surface area (Å²) in [5.41, 5.74) is 1.96. The third-order valence-corrected chi connectivity index (χ3v) is 4.37. The minimum atomic E-state index is -0.778. The number of nitrogens with zero attached hydrogens (tertiary/aromatic N) is 1. The fourth-order valence-corrected chi connectivity index (χ4v) is 3.17. The van der Waals surface area contributed by atoms with Crippen LogP contribution >= 0.6 is 0 Å². The second-order valence-corrected chi connectivity index (χ2v) is 6.63. The number of benzene rings is 2. The van der Waals surface area contributed by atoms with E-state index in [1.807, 2.05) is 74.5 Å². The Morgan fingerprint density at radius 1 is 1.08 bits per heavy atom. The van der Waals surface area contributed by atoms with Gasteiger partial charge in [0.15, 0.2) is 5.79 Å². The Bertz CT molecular complexity index is 647. The maximum absolute atomic E-state index is 11.0. The second-order valence-electron chi connectivity index (χ2n) is 6.63. The van der Waals surface area contributed by atoms with Crippen molar-refractivity contribution in [3.8, 4) is 0 Å². The third kappa shape index (κ3) is 3.93. The van der Waals surface area contributed by atoms with Gasteiger partial charge in [-0.25, -0.2) is 0 Å². The molecule has 0 bridgehead atoms. The molecule has 0 unspecified atom stereocenters. The number of anilines is 2. The van der Waals surface area contributed by atoms with E-state index in [4.69, 9.17) is 9.47 Å². The molecule has 0 aromatic heterocycles. The summed E-state index contributed by atoms with van der Waals surface area (Å²) in [6.07, 6.45) is 0.576. The molecule has 0 spiro atoms. The van der Waals surface area contributed by atoms with Gasteiger partial charge in [0.1, 0.15) is 12.2 Å². The number of aliphatic hydroxyl groups excluding tert-OH is 1. The van der Waals surface area contributed by atoms with E-state index in [-0.39, 0.29) is 6.04 Å². The number of aliphatic hydroxyl groups is 1. The summed E-state index contributed by atoms with van der Waals surface area (Å²) in [7, 11) is 0. The summed E-state index contributed by atoms with van der Waals surface area (Å²) in [6.45, 7) is 8.03. The van der Waals surface area contributed by atoms with Crippen LogP contribution in [-0.2, 0) is 9.47 Å². The highest BCUT2D eigenvalue weighted by molar-refractivity contribution is 5.65. The number of ether oxygens (including phenoxy) is 2. The van der Waals surface area contributed by atoms with E-state index in [0.717, 1.165) is 11.4 Å². The third-order valence-electron chi connectivity index (χ3n) is 4.37. The molecular weight excluding hydrogens is 314 g/mol. The molecule has 1 N–H and O–H groups in total. The molecule has 1 heterocycles. The molecule has 1 fully saturated rings. The van der Waals surface area contributed by atoms with Gasteiger partial charge in [-0.3, -0.25) is 0 Å². The molecular formula is C21H25NO3. The summed E-state index contributed by atoms with van der Waals surface area (Å²) in [5, 5.41) is 11.0. The number of hydrogen-bond acceptors (Lipinski definition) is 4. The predicted molar refractivity (Wildman–Crippen MR) is 99.9 cm³/mol. The van der Waals surface area contributed by atoms with Crippen molar-refractivity contribution >= 4 is 11.4 Å². The molecule has 2 aromatic carbocycles. The Balaban J connectivity index is 1.94. The maximum Gasteiger partial charge on any atom is 0.163 e. The van der Waals surface area contributed by atoms with E-state index in [0.29, 0.717) is 6.61 Å². The molecule has 4 heteroatoms. The SMILES string of the molecule is C=C[C@H]([C@@H](O)[C@@H]1COC(C)(C)O1)N(c1ccccc1)c1ccccc1. The van der Waals surface area contributed by atoms with E-state index < -0.39 is 18.0 Å². The van der Waals surface area contributed by atoms with Crippen molar-refractivity contribution in [2.45, 2.75) is 37.9 Å². The highest BCUT2D eigenvalue weighted by Crippen LogP contribution is 2.32. The van der Waals surface area contributed by atoms with Gasteiger partial charge in [-0.1, -0.05) is 42.5 Å². The molecule has 25 heavy (non-hydrogen) atoms. The number of para-hydroxylation sites is 2. The molecule has 0 radical (unpaired) electrons. The van der Waals surface area contributed by atoms with Gasteiger partial charge in [0.05, 0.1) is 12.6 Å². The minimum Gasteiger partial charge on any atom is -0.388 e. The maximum atomic E-state index is 11.0. The van der Waals surface area contributed by atoms with E-state index in [1.165, 1.54) is 0 Å². The Hall–Kier alpha value is -2.14. The Morgan fingerprint density at radius 2 is 1.60 bits per heavy atom. The van der Waals surface area contributed by atoms with E-state index in [1.54, 1.807) is 6.08 Å². The summed E-state index contributed by atoms with van der Waals surface area (Å²) < 4.78 is 11.5. The van der Waals surface area contributed by atoms with Crippen LogP contribution in [0, 0.1) is 0 Å². The fraction of sp³-hybridized carbons (Fsp3) is 0.333. The van der Waals surface area contributed by atoms with Gasteiger partial charge in [0.2, 0.25) is 0 Å². The molecule has 4 nitrogen and oxygen atoms in total. The number of rotatable bonds is 6.